The first-order valence-electron chi connectivity index (χ1n) is 5.51. The van der Waals surface area contributed by atoms with Gasteiger partial charge in [-0.2, -0.15) is 0 Å². The van der Waals surface area contributed by atoms with Gasteiger partial charge < -0.3 is 10.5 Å². The van der Waals surface area contributed by atoms with Crippen LogP contribution in [0.2, 0.25) is 0 Å². The number of nitrogens with one attached hydrogen (secondary N) is 1. The molecule has 0 aromatic heterocycles. The highest BCUT2D eigenvalue weighted by Crippen LogP contribution is 2.23. The third-order valence-electron chi connectivity index (χ3n) is 2.31. The zero-order valence-corrected chi connectivity index (χ0v) is 12.6. The number of anilines is 1. The molecule has 0 aliphatic rings. The van der Waals surface area contributed by atoms with Gasteiger partial charge in [0.25, 0.3) is 0 Å². The lowest BCUT2D eigenvalue weighted by Gasteiger charge is -2.08. The highest BCUT2D eigenvalue weighted by atomic mass is 79.9. The van der Waals surface area contributed by atoms with Crippen LogP contribution >= 0.6 is 15.9 Å². The summed E-state index contributed by atoms with van der Waals surface area (Å²) in [5.74, 6) is 0. The van der Waals surface area contributed by atoms with Crippen molar-refractivity contribution in [1.82, 2.24) is 4.72 Å². The van der Waals surface area contributed by atoms with E-state index in [0.29, 0.717) is 23.3 Å². The zero-order valence-electron chi connectivity index (χ0n) is 10.1. The fourth-order valence-corrected chi connectivity index (χ4v) is 3.56. The number of rotatable bonds is 7. The molecule has 1 aromatic carbocycles. The van der Waals surface area contributed by atoms with E-state index in [9.17, 15) is 8.42 Å². The van der Waals surface area contributed by atoms with Gasteiger partial charge in [0.2, 0.25) is 10.0 Å². The van der Waals surface area contributed by atoms with Crippen molar-refractivity contribution in [3.63, 3.8) is 0 Å². The molecule has 18 heavy (non-hydrogen) atoms. The van der Waals surface area contributed by atoms with E-state index in [-0.39, 0.29) is 4.90 Å². The molecule has 5 nitrogen and oxygen atoms in total. The molecular formula is C11H17BrN2O3S. The normalized spacial score (nSPS) is 11.7. The van der Waals surface area contributed by atoms with Crippen molar-refractivity contribution >= 4 is 31.6 Å². The molecule has 0 spiro atoms. The number of hydrogen-bond acceptors (Lipinski definition) is 4. The Morgan fingerprint density at radius 1 is 1.39 bits per heavy atom. The van der Waals surface area contributed by atoms with Crippen LogP contribution in [0.3, 0.4) is 0 Å². The number of ether oxygens (including phenoxy) is 1. The second-order valence-electron chi connectivity index (χ2n) is 3.79. The number of halogens is 1. The lowest BCUT2D eigenvalue weighted by Crippen LogP contribution is -2.25. The fraction of sp³-hybridized carbons (Fsp3) is 0.455. The minimum absolute atomic E-state index is 0.198. The maximum Gasteiger partial charge on any atom is 0.241 e. The number of nitrogen functional groups attached to an aromatic ring is 1. The van der Waals surface area contributed by atoms with Crippen LogP contribution in [0.4, 0.5) is 5.69 Å². The second kappa shape index (κ2) is 7.08. The van der Waals surface area contributed by atoms with Gasteiger partial charge in [-0.15, -0.1) is 0 Å². The molecule has 0 unspecified atom stereocenters. The third kappa shape index (κ3) is 4.56. The average molecular weight is 337 g/mol. The molecule has 0 amide bonds. The molecule has 3 N–H and O–H groups in total. The molecule has 0 heterocycles. The van der Waals surface area contributed by atoms with E-state index in [1.54, 1.807) is 19.2 Å². The van der Waals surface area contributed by atoms with Gasteiger partial charge in [0, 0.05) is 30.4 Å². The minimum atomic E-state index is -3.49. The molecule has 0 aliphatic heterocycles. The van der Waals surface area contributed by atoms with E-state index in [0.717, 1.165) is 12.8 Å². The monoisotopic (exact) mass is 336 g/mol. The van der Waals surface area contributed by atoms with Crippen molar-refractivity contribution in [2.45, 2.75) is 17.7 Å². The SMILES string of the molecule is COCCCCNS(=O)(=O)c1ccc(N)cc1Br. The molecule has 0 fully saturated rings. The molecule has 0 saturated heterocycles. The summed E-state index contributed by atoms with van der Waals surface area (Å²) in [6.45, 7) is 1.02. The lowest BCUT2D eigenvalue weighted by molar-refractivity contribution is 0.193. The number of benzene rings is 1. The standard InChI is InChI=1S/C11H17BrN2O3S/c1-17-7-3-2-6-14-18(15,16)11-5-4-9(13)8-10(11)12/h4-5,8,14H,2-3,6-7,13H2,1H3. The van der Waals surface area contributed by atoms with Crippen molar-refractivity contribution in [1.29, 1.82) is 0 Å². The average Bonchev–Trinajstić information content (AvgIpc) is 2.28. The maximum absolute atomic E-state index is 12.0. The van der Waals surface area contributed by atoms with Crippen LogP contribution in [0.25, 0.3) is 0 Å². The molecule has 0 radical (unpaired) electrons. The van der Waals surface area contributed by atoms with Crippen LogP contribution in [-0.2, 0) is 14.8 Å². The van der Waals surface area contributed by atoms with E-state index in [1.807, 2.05) is 0 Å². The van der Waals surface area contributed by atoms with E-state index in [2.05, 4.69) is 20.7 Å². The predicted molar refractivity (Wildman–Crippen MR) is 74.9 cm³/mol. The van der Waals surface area contributed by atoms with Crippen molar-refractivity contribution in [2.75, 3.05) is 26.0 Å². The molecule has 0 atom stereocenters. The third-order valence-corrected chi connectivity index (χ3v) is 4.75. The summed E-state index contributed by atoms with van der Waals surface area (Å²) in [6, 6.07) is 4.61. The maximum atomic E-state index is 12.0. The Bertz CT molecular complexity index is 491. The summed E-state index contributed by atoms with van der Waals surface area (Å²) in [6.07, 6.45) is 1.56. The van der Waals surface area contributed by atoms with Gasteiger partial charge >= 0.3 is 0 Å². The Kier molecular flexibility index (Phi) is 6.07. The van der Waals surface area contributed by atoms with Gasteiger partial charge in [-0.3, -0.25) is 0 Å². The van der Waals surface area contributed by atoms with Crippen LogP contribution in [-0.4, -0.2) is 28.7 Å². The number of sulfonamides is 1. The lowest BCUT2D eigenvalue weighted by atomic mass is 10.3. The van der Waals surface area contributed by atoms with Crippen molar-refractivity contribution in [3.05, 3.63) is 22.7 Å². The molecule has 1 aromatic rings. The summed E-state index contributed by atoms with van der Waals surface area (Å²) >= 11 is 3.20. The van der Waals surface area contributed by atoms with Gasteiger partial charge in [0.15, 0.2) is 0 Å². The van der Waals surface area contributed by atoms with Gasteiger partial charge in [0.05, 0.1) is 4.90 Å². The Morgan fingerprint density at radius 2 is 2.11 bits per heavy atom. The first-order valence-corrected chi connectivity index (χ1v) is 7.78. The molecule has 7 heteroatoms. The molecular weight excluding hydrogens is 320 g/mol. The molecule has 0 saturated carbocycles. The van der Waals surface area contributed by atoms with Crippen LogP contribution in [0, 0.1) is 0 Å². The summed E-state index contributed by atoms with van der Waals surface area (Å²) in [5.41, 5.74) is 6.08. The number of unbranched alkanes of at least 4 members (excludes halogenated alkanes) is 1. The molecule has 102 valence electrons. The predicted octanol–water partition coefficient (Wildman–Crippen LogP) is 1.74. The highest BCUT2D eigenvalue weighted by molar-refractivity contribution is 9.10. The van der Waals surface area contributed by atoms with Crippen molar-refractivity contribution in [3.8, 4) is 0 Å². The highest BCUT2D eigenvalue weighted by Gasteiger charge is 2.16. The summed E-state index contributed by atoms with van der Waals surface area (Å²) < 4.78 is 31.9. The number of nitrogens with two attached hydrogens (primary N) is 1. The van der Waals surface area contributed by atoms with E-state index in [4.69, 9.17) is 10.5 Å². The number of methoxy groups -OCH3 is 1. The quantitative estimate of drug-likeness (QED) is 0.587. The van der Waals surface area contributed by atoms with Gasteiger partial charge in [0.1, 0.15) is 0 Å². The van der Waals surface area contributed by atoms with Crippen LogP contribution < -0.4 is 10.5 Å². The molecule has 0 aliphatic carbocycles. The Morgan fingerprint density at radius 3 is 2.72 bits per heavy atom. The van der Waals surface area contributed by atoms with E-state index >= 15 is 0 Å². The fourth-order valence-electron chi connectivity index (χ4n) is 1.39. The Balaban J connectivity index is 2.63. The number of hydrogen-bond donors (Lipinski definition) is 2. The van der Waals surface area contributed by atoms with Crippen molar-refractivity contribution in [2.24, 2.45) is 0 Å². The second-order valence-corrected chi connectivity index (χ2v) is 6.38. The Labute approximate surface area is 116 Å². The zero-order chi connectivity index (χ0) is 13.6. The summed E-state index contributed by atoms with van der Waals surface area (Å²) in [4.78, 5) is 0.198. The van der Waals surface area contributed by atoms with Gasteiger partial charge in [-0.25, -0.2) is 13.1 Å². The van der Waals surface area contributed by atoms with E-state index in [1.165, 1.54) is 6.07 Å². The first kappa shape index (κ1) is 15.4. The molecule has 1 rings (SSSR count). The van der Waals surface area contributed by atoms with Crippen LogP contribution in [0.15, 0.2) is 27.6 Å². The van der Waals surface area contributed by atoms with Gasteiger partial charge in [-0.1, -0.05) is 0 Å². The molecule has 0 bridgehead atoms. The van der Waals surface area contributed by atoms with Gasteiger partial charge in [-0.05, 0) is 47.0 Å². The first-order chi connectivity index (χ1) is 8.47. The summed E-state index contributed by atoms with van der Waals surface area (Å²) in [7, 11) is -1.87. The van der Waals surface area contributed by atoms with E-state index < -0.39 is 10.0 Å². The van der Waals surface area contributed by atoms with Crippen LogP contribution in [0.5, 0.6) is 0 Å². The Hall–Kier alpha value is -0.630. The smallest absolute Gasteiger partial charge is 0.241 e. The van der Waals surface area contributed by atoms with Crippen LogP contribution in [0.1, 0.15) is 12.8 Å². The largest absolute Gasteiger partial charge is 0.399 e. The minimum Gasteiger partial charge on any atom is -0.399 e. The topological polar surface area (TPSA) is 81.4 Å². The summed E-state index contributed by atoms with van der Waals surface area (Å²) in [5, 5.41) is 0. The van der Waals surface area contributed by atoms with Crippen molar-refractivity contribution < 1.29 is 13.2 Å².